The van der Waals surface area contributed by atoms with E-state index in [0.29, 0.717) is 12.8 Å². The summed E-state index contributed by atoms with van der Waals surface area (Å²) in [7, 11) is 0. The van der Waals surface area contributed by atoms with E-state index in [2.05, 4.69) is 6.58 Å². The monoisotopic (exact) mass is 211 g/mol. The van der Waals surface area contributed by atoms with Gasteiger partial charge in [0.1, 0.15) is 0 Å². The summed E-state index contributed by atoms with van der Waals surface area (Å²) in [5, 5.41) is 9.33. The van der Waals surface area contributed by atoms with Gasteiger partial charge in [-0.05, 0) is 32.6 Å². The number of allylic oxidation sites excluding steroid dienone is 1. The van der Waals surface area contributed by atoms with Crippen molar-refractivity contribution in [2.75, 3.05) is 6.54 Å². The number of hydrogen-bond acceptors (Lipinski definition) is 2. The van der Waals surface area contributed by atoms with Gasteiger partial charge in [0.15, 0.2) is 0 Å². The second kappa shape index (κ2) is 5.91. The number of hydrogen-bond donors (Lipinski definition) is 1. The van der Waals surface area contributed by atoms with E-state index in [4.69, 9.17) is 0 Å². The normalized spacial score (nSPS) is 22.8. The van der Waals surface area contributed by atoms with Gasteiger partial charge in [-0.25, -0.2) is 0 Å². The average Bonchev–Trinajstić information content (AvgIpc) is 2.61. The van der Waals surface area contributed by atoms with Crippen LogP contribution in [0, 0.1) is 0 Å². The molecule has 0 aromatic heterocycles. The van der Waals surface area contributed by atoms with Crippen LogP contribution >= 0.6 is 0 Å². The van der Waals surface area contributed by atoms with E-state index < -0.39 is 0 Å². The van der Waals surface area contributed by atoms with Crippen molar-refractivity contribution in [3.8, 4) is 0 Å². The van der Waals surface area contributed by atoms with E-state index in [1.807, 2.05) is 4.90 Å². The summed E-state index contributed by atoms with van der Waals surface area (Å²) in [5.74, 6) is 0.207. The van der Waals surface area contributed by atoms with Crippen LogP contribution in [-0.2, 0) is 4.79 Å². The van der Waals surface area contributed by atoms with Crippen molar-refractivity contribution in [1.29, 1.82) is 0 Å². The predicted octanol–water partition coefficient (Wildman–Crippen LogP) is 1.71. The van der Waals surface area contributed by atoms with Crippen molar-refractivity contribution in [2.45, 2.75) is 51.2 Å². The summed E-state index contributed by atoms with van der Waals surface area (Å²) in [5.41, 5.74) is 0. The molecule has 86 valence electrons. The van der Waals surface area contributed by atoms with Gasteiger partial charge in [-0.2, -0.15) is 0 Å². The second-order valence-corrected chi connectivity index (χ2v) is 4.30. The summed E-state index contributed by atoms with van der Waals surface area (Å²) in [6.45, 7) is 6.25. The third-order valence-corrected chi connectivity index (χ3v) is 2.87. The maximum Gasteiger partial charge on any atom is 0.223 e. The minimum Gasteiger partial charge on any atom is -0.393 e. The first-order valence-corrected chi connectivity index (χ1v) is 5.73. The van der Waals surface area contributed by atoms with E-state index in [-0.39, 0.29) is 18.1 Å². The Morgan fingerprint density at radius 3 is 3.07 bits per heavy atom. The largest absolute Gasteiger partial charge is 0.393 e. The minimum atomic E-state index is -0.317. The van der Waals surface area contributed by atoms with Gasteiger partial charge in [0, 0.05) is 19.0 Å². The number of carbonyl (C=O) groups is 1. The maximum absolute atomic E-state index is 11.8. The SMILES string of the molecule is C=CCCC(=O)N1CCC[C@H]1C[C@@H](C)O. The molecule has 1 saturated heterocycles. The fourth-order valence-corrected chi connectivity index (χ4v) is 2.17. The van der Waals surface area contributed by atoms with Crippen LogP contribution in [-0.4, -0.2) is 34.6 Å². The number of amides is 1. The van der Waals surface area contributed by atoms with Crippen LogP contribution in [0.25, 0.3) is 0 Å². The number of carbonyl (C=O) groups excluding carboxylic acids is 1. The molecule has 0 spiro atoms. The first-order chi connectivity index (χ1) is 7.15. The van der Waals surface area contributed by atoms with Crippen molar-refractivity contribution in [3.05, 3.63) is 12.7 Å². The van der Waals surface area contributed by atoms with Gasteiger partial charge >= 0.3 is 0 Å². The second-order valence-electron chi connectivity index (χ2n) is 4.30. The van der Waals surface area contributed by atoms with Crippen molar-refractivity contribution < 1.29 is 9.90 Å². The first kappa shape index (κ1) is 12.2. The summed E-state index contributed by atoms with van der Waals surface area (Å²) >= 11 is 0. The first-order valence-electron chi connectivity index (χ1n) is 5.73. The molecule has 1 heterocycles. The van der Waals surface area contributed by atoms with Crippen LogP contribution in [0.4, 0.5) is 0 Å². The Bertz CT molecular complexity index is 226. The fraction of sp³-hybridized carbons (Fsp3) is 0.750. The quantitative estimate of drug-likeness (QED) is 0.703. The van der Waals surface area contributed by atoms with Gasteiger partial charge in [0.2, 0.25) is 5.91 Å². The molecule has 0 radical (unpaired) electrons. The molecule has 0 aromatic carbocycles. The van der Waals surface area contributed by atoms with Crippen LogP contribution < -0.4 is 0 Å². The summed E-state index contributed by atoms with van der Waals surface area (Å²) in [6, 6.07) is 0.252. The summed E-state index contributed by atoms with van der Waals surface area (Å²) < 4.78 is 0. The molecule has 1 rings (SSSR count). The smallest absolute Gasteiger partial charge is 0.223 e. The molecule has 2 atom stereocenters. The Morgan fingerprint density at radius 1 is 1.73 bits per heavy atom. The Balaban J connectivity index is 2.44. The minimum absolute atomic E-state index is 0.207. The molecule has 3 heteroatoms. The zero-order valence-electron chi connectivity index (χ0n) is 9.48. The number of aliphatic hydroxyl groups is 1. The summed E-state index contributed by atoms with van der Waals surface area (Å²) in [4.78, 5) is 13.7. The zero-order valence-corrected chi connectivity index (χ0v) is 9.48. The Kier molecular flexibility index (Phi) is 4.82. The molecule has 3 nitrogen and oxygen atoms in total. The lowest BCUT2D eigenvalue weighted by Crippen LogP contribution is -2.36. The van der Waals surface area contributed by atoms with Gasteiger partial charge in [-0.15, -0.1) is 6.58 Å². The molecule has 0 bridgehead atoms. The molecule has 0 aliphatic carbocycles. The fourth-order valence-electron chi connectivity index (χ4n) is 2.17. The van der Waals surface area contributed by atoms with Gasteiger partial charge < -0.3 is 10.0 Å². The van der Waals surface area contributed by atoms with Crippen LogP contribution in [0.3, 0.4) is 0 Å². The number of likely N-dealkylation sites (tertiary alicyclic amines) is 1. The Labute approximate surface area is 91.8 Å². The topological polar surface area (TPSA) is 40.5 Å². The van der Waals surface area contributed by atoms with Crippen molar-refractivity contribution in [1.82, 2.24) is 4.90 Å². The lowest BCUT2D eigenvalue weighted by Gasteiger charge is -2.25. The Hall–Kier alpha value is -0.830. The van der Waals surface area contributed by atoms with Gasteiger partial charge in [0.05, 0.1) is 6.10 Å². The van der Waals surface area contributed by atoms with E-state index in [0.717, 1.165) is 25.8 Å². The van der Waals surface area contributed by atoms with E-state index in [1.165, 1.54) is 0 Å². The molecular weight excluding hydrogens is 190 g/mol. The Morgan fingerprint density at radius 2 is 2.47 bits per heavy atom. The lowest BCUT2D eigenvalue weighted by molar-refractivity contribution is -0.132. The van der Waals surface area contributed by atoms with E-state index in [1.54, 1.807) is 13.0 Å². The summed E-state index contributed by atoms with van der Waals surface area (Å²) in [6.07, 6.45) is 5.57. The van der Waals surface area contributed by atoms with Crippen LogP contribution in [0.1, 0.15) is 39.0 Å². The maximum atomic E-state index is 11.8. The standard InChI is InChI=1S/C12H21NO2/c1-3-4-7-12(15)13-8-5-6-11(13)9-10(2)14/h3,10-11,14H,1,4-9H2,2H3/t10-,11+/m1/s1. The van der Waals surface area contributed by atoms with Crippen LogP contribution in [0.15, 0.2) is 12.7 Å². The van der Waals surface area contributed by atoms with E-state index >= 15 is 0 Å². The third-order valence-electron chi connectivity index (χ3n) is 2.87. The van der Waals surface area contributed by atoms with Gasteiger partial charge in [0.25, 0.3) is 0 Å². The molecule has 1 aliphatic heterocycles. The predicted molar refractivity (Wildman–Crippen MR) is 60.5 cm³/mol. The molecule has 0 saturated carbocycles. The lowest BCUT2D eigenvalue weighted by atomic mass is 10.1. The molecule has 0 aromatic rings. The molecule has 1 fully saturated rings. The third kappa shape index (κ3) is 3.67. The van der Waals surface area contributed by atoms with Crippen molar-refractivity contribution in [3.63, 3.8) is 0 Å². The van der Waals surface area contributed by atoms with Crippen LogP contribution in [0.2, 0.25) is 0 Å². The molecule has 0 unspecified atom stereocenters. The highest BCUT2D eigenvalue weighted by Gasteiger charge is 2.28. The highest BCUT2D eigenvalue weighted by Crippen LogP contribution is 2.22. The highest BCUT2D eigenvalue weighted by atomic mass is 16.3. The molecular formula is C12H21NO2. The average molecular weight is 211 g/mol. The number of aliphatic hydroxyl groups excluding tert-OH is 1. The molecule has 15 heavy (non-hydrogen) atoms. The zero-order chi connectivity index (χ0) is 11.3. The molecule has 1 aliphatic rings. The van der Waals surface area contributed by atoms with Crippen molar-refractivity contribution >= 4 is 5.91 Å². The van der Waals surface area contributed by atoms with Gasteiger partial charge in [-0.1, -0.05) is 6.08 Å². The molecule has 1 N–H and O–H groups in total. The molecule has 1 amide bonds. The van der Waals surface area contributed by atoms with Crippen LogP contribution in [0.5, 0.6) is 0 Å². The van der Waals surface area contributed by atoms with Gasteiger partial charge in [-0.3, -0.25) is 4.79 Å². The number of nitrogens with zero attached hydrogens (tertiary/aromatic N) is 1. The van der Waals surface area contributed by atoms with E-state index in [9.17, 15) is 9.90 Å². The number of rotatable bonds is 5. The van der Waals surface area contributed by atoms with Crippen molar-refractivity contribution in [2.24, 2.45) is 0 Å². The highest BCUT2D eigenvalue weighted by molar-refractivity contribution is 5.76.